The number of carbonyl (C=O) groups excluding carboxylic acids is 4. The molecule has 9 nitrogen and oxygen atoms in total. The van der Waals surface area contributed by atoms with Crippen LogP contribution in [0.2, 0.25) is 0 Å². The van der Waals surface area contributed by atoms with Crippen LogP contribution >= 0.6 is 0 Å². The predicted octanol–water partition coefficient (Wildman–Crippen LogP) is 1.06. The first-order valence-corrected chi connectivity index (χ1v) is 10.5. The molecule has 3 fully saturated rings. The summed E-state index contributed by atoms with van der Waals surface area (Å²) in [5.74, 6) is -1.29. The van der Waals surface area contributed by atoms with Gasteiger partial charge in [-0.05, 0) is 50.9 Å². The minimum atomic E-state index is -0.947. The summed E-state index contributed by atoms with van der Waals surface area (Å²) in [5, 5.41) is 5.49. The normalized spacial score (nSPS) is 30.2. The van der Waals surface area contributed by atoms with Gasteiger partial charge in [-0.2, -0.15) is 0 Å². The summed E-state index contributed by atoms with van der Waals surface area (Å²) in [6.45, 7) is 10.5. The van der Waals surface area contributed by atoms with Crippen LogP contribution in [0, 0.1) is 23.2 Å². The van der Waals surface area contributed by atoms with Crippen molar-refractivity contribution in [2.24, 2.45) is 23.2 Å². The summed E-state index contributed by atoms with van der Waals surface area (Å²) in [6.07, 6.45) is 0.240. The SMILES string of the molecule is COC(=O)[C@H](CC1CCNC1=O)NC(=O)[C@@H]1[C@@H]2[C@H](CN1C(=O)OC(C)(C)C)C2(C)C. The number of nitrogens with zero attached hydrogens (tertiary/aromatic N) is 1. The van der Waals surface area contributed by atoms with Gasteiger partial charge >= 0.3 is 12.1 Å². The second kappa shape index (κ2) is 7.74. The van der Waals surface area contributed by atoms with E-state index in [1.807, 2.05) is 0 Å². The quantitative estimate of drug-likeness (QED) is 0.639. The van der Waals surface area contributed by atoms with Crippen molar-refractivity contribution in [2.75, 3.05) is 20.2 Å². The molecule has 2 saturated heterocycles. The molecule has 0 aromatic heterocycles. The smallest absolute Gasteiger partial charge is 0.410 e. The monoisotopic (exact) mass is 423 g/mol. The Morgan fingerprint density at radius 3 is 2.50 bits per heavy atom. The second-order valence-electron chi connectivity index (χ2n) is 10.1. The van der Waals surface area contributed by atoms with E-state index in [2.05, 4.69) is 24.5 Å². The molecule has 0 aromatic carbocycles. The van der Waals surface area contributed by atoms with Gasteiger partial charge in [-0.3, -0.25) is 14.5 Å². The molecular formula is C21H33N3O6. The summed E-state index contributed by atoms with van der Waals surface area (Å²) < 4.78 is 10.3. The number of carbonyl (C=O) groups is 4. The molecule has 168 valence electrons. The van der Waals surface area contributed by atoms with Crippen LogP contribution in [0.4, 0.5) is 4.79 Å². The second-order valence-corrected chi connectivity index (χ2v) is 10.1. The van der Waals surface area contributed by atoms with E-state index in [0.717, 1.165) is 0 Å². The summed E-state index contributed by atoms with van der Waals surface area (Å²) in [6, 6.07) is -1.66. The Bertz CT molecular complexity index is 744. The molecule has 3 amide bonds. The van der Waals surface area contributed by atoms with Gasteiger partial charge in [0.25, 0.3) is 0 Å². The Kier molecular flexibility index (Phi) is 5.77. The third-order valence-electron chi connectivity index (χ3n) is 6.59. The fourth-order valence-corrected chi connectivity index (χ4v) is 4.86. The molecule has 3 aliphatic rings. The molecule has 2 aliphatic heterocycles. The van der Waals surface area contributed by atoms with Crippen LogP contribution < -0.4 is 10.6 Å². The third-order valence-corrected chi connectivity index (χ3v) is 6.59. The molecule has 0 radical (unpaired) electrons. The van der Waals surface area contributed by atoms with Crippen LogP contribution in [0.25, 0.3) is 0 Å². The molecule has 0 bridgehead atoms. The Labute approximate surface area is 177 Å². The van der Waals surface area contributed by atoms with Crippen LogP contribution in [0.15, 0.2) is 0 Å². The number of likely N-dealkylation sites (tertiary alicyclic amines) is 1. The van der Waals surface area contributed by atoms with Crippen molar-refractivity contribution in [3.05, 3.63) is 0 Å². The van der Waals surface area contributed by atoms with E-state index in [0.29, 0.717) is 19.5 Å². The van der Waals surface area contributed by atoms with Crippen molar-refractivity contribution in [1.82, 2.24) is 15.5 Å². The molecule has 1 saturated carbocycles. The molecule has 1 aliphatic carbocycles. The van der Waals surface area contributed by atoms with Gasteiger partial charge in [-0.1, -0.05) is 13.8 Å². The average Bonchev–Trinajstić information content (AvgIpc) is 3.01. The zero-order valence-corrected chi connectivity index (χ0v) is 18.6. The maximum atomic E-state index is 13.3. The largest absolute Gasteiger partial charge is 0.467 e. The van der Waals surface area contributed by atoms with Crippen molar-refractivity contribution < 1.29 is 28.7 Å². The highest BCUT2D eigenvalue weighted by atomic mass is 16.6. The van der Waals surface area contributed by atoms with Gasteiger partial charge in [-0.15, -0.1) is 0 Å². The first-order valence-electron chi connectivity index (χ1n) is 10.5. The Morgan fingerprint density at radius 1 is 1.30 bits per heavy atom. The van der Waals surface area contributed by atoms with Gasteiger partial charge in [0.05, 0.1) is 7.11 Å². The molecule has 0 aromatic rings. The Hall–Kier alpha value is -2.32. The number of piperidine rings is 1. The lowest BCUT2D eigenvalue weighted by molar-refractivity contribution is -0.146. The third kappa shape index (κ3) is 4.25. The zero-order chi connectivity index (χ0) is 22.4. The number of hydrogen-bond acceptors (Lipinski definition) is 6. The number of methoxy groups -OCH3 is 1. The van der Waals surface area contributed by atoms with E-state index >= 15 is 0 Å². The van der Waals surface area contributed by atoms with E-state index in [-0.39, 0.29) is 35.5 Å². The van der Waals surface area contributed by atoms with E-state index in [9.17, 15) is 19.2 Å². The molecule has 0 spiro atoms. The molecule has 5 atom stereocenters. The minimum absolute atomic E-state index is 0.00176. The van der Waals surface area contributed by atoms with Crippen molar-refractivity contribution >= 4 is 23.9 Å². The average molecular weight is 424 g/mol. The van der Waals surface area contributed by atoms with Gasteiger partial charge < -0.3 is 20.1 Å². The molecule has 3 rings (SSSR count). The first kappa shape index (κ1) is 22.4. The van der Waals surface area contributed by atoms with Crippen LogP contribution in [0.3, 0.4) is 0 Å². The van der Waals surface area contributed by atoms with E-state index in [4.69, 9.17) is 9.47 Å². The number of rotatable bonds is 5. The van der Waals surface area contributed by atoms with Gasteiger partial charge in [-0.25, -0.2) is 9.59 Å². The maximum absolute atomic E-state index is 13.3. The van der Waals surface area contributed by atoms with Gasteiger partial charge in [0.2, 0.25) is 11.8 Å². The summed E-state index contributed by atoms with van der Waals surface area (Å²) in [5.41, 5.74) is -0.739. The van der Waals surface area contributed by atoms with E-state index in [1.165, 1.54) is 12.0 Å². The highest BCUT2D eigenvalue weighted by molar-refractivity contribution is 5.91. The molecule has 9 heteroatoms. The molecule has 2 N–H and O–H groups in total. The number of nitrogens with one attached hydrogen (secondary N) is 2. The fraction of sp³-hybridized carbons (Fsp3) is 0.810. The highest BCUT2D eigenvalue weighted by Gasteiger charge is 2.69. The number of hydrogen-bond donors (Lipinski definition) is 2. The molecular weight excluding hydrogens is 390 g/mol. The predicted molar refractivity (Wildman–Crippen MR) is 107 cm³/mol. The topological polar surface area (TPSA) is 114 Å². The van der Waals surface area contributed by atoms with Gasteiger partial charge in [0.1, 0.15) is 17.7 Å². The van der Waals surface area contributed by atoms with Crippen LogP contribution in [0.5, 0.6) is 0 Å². The van der Waals surface area contributed by atoms with Crippen LogP contribution in [-0.2, 0) is 23.9 Å². The van der Waals surface area contributed by atoms with Crippen molar-refractivity contribution in [2.45, 2.75) is 65.1 Å². The lowest BCUT2D eigenvalue weighted by Crippen LogP contribution is -2.54. The summed E-state index contributed by atoms with van der Waals surface area (Å²) in [4.78, 5) is 51.7. The number of fused-ring (bicyclic) bond motifs is 1. The maximum Gasteiger partial charge on any atom is 0.410 e. The molecule has 30 heavy (non-hydrogen) atoms. The Balaban J connectivity index is 1.75. The van der Waals surface area contributed by atoms with Crippen LogP contribution in [-0.4, -0.2) is 66.7 Å². The lowest BCUT2D eigenvalue weighted by atomic mass is 9.97. The van der Waals surface area contributed by atoms with Crippen LogP contribution in [0.1, 0.15) is 47.5 Å². The lowest BCUT2D eigenvalue weighted by Gasteiger charge is -2.32. The number of amides is 3. The summed E-state index contributed by atoms with van der Waals surface area (Å²) >= 11 is 0. The van der Waals surface area contributed by atoms with Crippen molar-refractivity contribution in [1.29, 1.82) is 0 Å². The van der Waals surface area contributed by atoms with Gasteiger partial charge in [0, 0.05) is 19.0 Å². The summed E-state index contributed by atoms with van der Waals surface area (Å²) in [7, 11) is 1.25. The fourth-order valence-electron chi connectivity index (χ4n) is 4.86. The number of esters is 1. The van der Waals surface area contributed by atoms with Crippen molar-refractivity contribution in [3.8, 4) is 0 Å². The Morgan fingerprint density at radius 2 is 1.97 bits per heavy atom. The molecule has 1 unspecified atom stereocenters. The first-order chi connectivity index (χ1) is 13.9. The number of ether oxygens (including phenoxy) is 2. The minimum Gasteiger partial charge on any atom is -0.467 e. The van der Waals surface area contributed by atoms with Crippen molar-refractivity contribution in [3.63, 3.8) is 0 Å². The molecule has 2 heterocycles. The van der Waals surface area contributed by atoms with Gasteiger partial charge in [0.15, 0.2) is 0 Å². The van der Waals surface area contributed by atoms with E-state index in [1.54, 1.807) is 20.8 Å². The van der Waals surface area contributed by atoms with E-state index < -0.39 is 35.7 Å². The standard InChI is InChI=1S/C21H33N3O6/c1-20(2,3)30-19(28)24-10-12-14(21(12,4)5)15(24)17(26)23-13(18(27)29-6)9-11-7-8-22-16(11)25/h11-15H,7-10H2,1-6H3,(H,22,25)(H,23,26)/t11?,12-,13-,14-,15-/m0/s1. The zero-order valence-electron chi connectivity index (χ0n) is 18.6. The highest BCUT2D eigenvalue weighted by Crippen LogP contribution is 2.65.